The second-order valence-corrected chi connectivity index (χ2v) is 3.90. The molecule has 1 amide bonds. The van der Waals surface area contributed by atoms with Gasteiger partial charge in [0.2, 0.25) is 5.91 Å². The third-order valence-corrected chi connectivity index (χ3v) is 1.77. The van der Waals surface area contributed by atoms with E-state index >= 15 is 0 Å². The van der Waals surface area contributed by atoms with Gasteiger partial charge in [-0.2, -0.15) is 0 Å². The van der Waals surface area contributed by atoms with Crippen LogP contribution in [0.5, 0.6) is 0 Å². The Labute approximate surface area is 77.4 Å². The van der Waals surface area contributed by atoms with Gasteiger partial charge in [-0.25, -0.2) is 0 Å². The molecule has 0 atom stereocenters. The quantitative estimate of drug-likeness (QED) is 0.639. The molecule has 2 nitrogen and oxygen atoms in total. The van der Waals surface area contributed by atoms with Gasteiger partial charge in [-0.3, -0.25) is 4.79 Å². The van der Waals surface area contributed by atoms with Crippen molar-refractivity contribution >= 4 is 5.91 Å². The summed E-state index contributed by atoms with van der Waals surface area (Å²) in [6, 6.07) is 0.328. The van der Waals surface area contributed by atoms with Crippen LogP contribution in [0, 0.1) is 5.89 Å². The summed E-state index contributed by atoms with van der Waals surface area (Å²) < 4.78 is 7.66. The molecule has 0 aromatic rings. The van der Waals surface area contributed by atoms with Crippen molar-refractivity contribution in [3.63, 3.8) is 0 Å². The SMILES string of the molecule is [2H]C(C)(C)C(=O)N(C(C)C)C(C)C. The molecule has 0 aromatic heterocycles. The molecule has 12 heavy (non-hydrogen) atoms. The van der Waals surface area contributed by atoms with Crippen molar-refractivity contribution in [3.05, 3.63) is 0 Å². The lowest BCUT2D eigenvalue weighted by molar-refractivity contribution is -0.138. The molecule has 0 aliphatic heterocycles. The molecule has 0 spiro atoms. The summed E-state index contributed by atoms with van der Waals surface area (Å²) in [6.45, 7) is 11.2. The lowest BCUT2D eigenvalue weighted by Crippen LogP contribution is -2.44. The maximum absolute atomic E-state index is 11.8. The Kier molecular flexibility index (Phi) is 3.57. The lowest BCUT2D eigenvalue weighted by atomic mass is 10.1. The van der Waals surface area contributed by atoms with Crippen molar-refractivity contribution in [2.24, 2.45) is 5.89 Å². The Hall–Kier alpha value is -0.530. The van der Waals surface area contributed by atoms with Crippen LogP contribution in [-0.2, 0) is 4.79 Å². The minimum atomic E-state index is -1.02. The van der Waals surface area contributed by atoms with Gasteiger partial charge in [0, 0.05) is 19.3 Å². The Morgan fingerprint density at radius 1 is 1.08 bits per heavy atom. The fourth-order valence-electron chi connectivity index (χ4n) is 1.32. The number of hydrogen-bond donors (Lipinski definition) is 0. The molecule has 0 aromatic carbocycles. The van der Waals surface area contributed by atoms with E-state index < -0.39 is 5.89 Å². The molecule has 72 valence electrons. The molecular formula is C10H21NO. The van der Waals surface area contributed by atoms with Crippen LogP contribution in [0.15, 0.2) is 0 Å². The molecule has 0 N–H and O–H groups in total. The average molecular weight is 172 g/mol. The zero-order valence-corrected chi connectivity index (χ0v) is 9.01. The second kappa shape index (κ2) is 4.48. The third kappa shape index (κ3) is 2.84. The predicted octanol–water partition coefficient (Wildman–Crippen LogP) is 2.29. The van der Waals surface area contributed by atoms with Gasteiger partial charge < -0.3 is 4.90 Å². The molecule has 0 saturated carbocycles. The van der Waals surface area contributed by atoms with Gasteiger partial charge in [-0.05, 0) is 27.7 Å². The topological polar surface area (TPSA) is 20.3 Å². The first-order valence-electron chi connectivity index (χ1n) is 5.00. The van der Waals surface area contributed by atoms with E-state index in [0.717, 1.165) is 0 Å². The van der Waals surface area contributed by atoms with Crippen molar-refractivity contribution in [1.82, 2.24) is 4.90 Å². The summed E-state index contributed by atoms with van der Waals surface area (Å²) in [5.41, 5.74) is 0. The summed E-state index contributed by atoms with van der Waals surface area (Å²) in [4.78, 5) is 13.5. The largest absolute Gasteiger partial charge is 0.338 e. The maximum atomic E-state index is 11.8. The monoisotopic (exact) mass is 172 g/mol. The second-order valence-electron chi connectivity index (χ2n) is 3.90. The predicted molar refractivity (Wildman–Crippen MR) is 52.0 cm³/mol. The van der Waals surface area contributed by atoms with Crippen LogP contribution in [-0.4, -0.2) is 22.9 Å². The van der Waals surface area contributed by atoms with Crippen LogP contribution >= 0.6 is 0 Å². The molecule has 0 radical (unpaired) electrons. The third-order valence-electron chi connectivity index (χ3n) is 1.77. The van der Waals surface area contributed by atoms with E-state index in [1.165, 1.54) is 0 Å². The van der Waals surface area contributed by atoms with Gasteiger partial charge >= 0.3 is 0 Å². The van der Waals surface area contributed by atoms with Crippen LogP contribution in [0.1, 0.15) is 42.9 Å². The van der Waals surface area contributed by atoms with Gasteiger partial charge in [-0.1, -0.05) is 13.8 Å². The van der Waals surface area contributed by atoms with E-state index in [4.69, 9.17) is 1.37 Å². The summed E-state index contributed by atoms with van der Waals surface area (Å²) in [5.74, 6) is -1.12. The maximum Gasteiger partial charge on any atom is 0.225 e. The van der Waals surface area contributed by atoms with Crippen molar-refractivity contribution in [3.8, 4) is 0 Å². The smallest absolute Gasteiger partial charge is 0.225 e. The molecule has 0 aliphatic carbocycles. The Bertz CT molecular complexity index is 174. The number of amides is 1. The van der Waals surface area contributed by atoms with Gasteiger partial charge in [0.05, 0.1) is 0 Å². The van der Waals surface area contributed by atoms with E-state index in [0.29, 0.717) is 0 Å². The summed E-state index contributed by atoms with van der Waals surface area (Å²) in [5, 5.41) is 0. The number of nitrogens with zero attached hydrogens (tertiary/aromatic N) is 1. The Balaban J connectivity index is 4.68. The number of carbonyl (C=O) groups is 1. The highest BCUT2D eigenvalue weighted by Crippen LogP contribution is 2.10. The molecule has 0 fully saturated rings. The van der Waals surface area contributed by atoms with Crippen LogP contribution in [0.25, 0.3) is 0 Å². The normalized spacial score (nSPS) is 13.5. The number of carbonyl (C=O) groups excluding carboxylic acids is 1. The first-order chi connectivity index (χ1) is 5.68. The molecule has 0 bridgehead atoms. The molecule has 0 aliphatic rings. The van der Waals surface area contributed by atoms with Crippen LogP contribution < -0.4 is 0 Å². The molecular weight excluding hydrogens is 150 g/mol. The highest BCUT2D eigenvalue weighted by atomic mass is 16.2. The van der Waals surface area contributed by atoms with Crippen LogP contribution in [0.4, 0.5) is 0 Å². The molecule has 0 saturated heterocycles. The fourth-order valence-corrected chi connectivity index (χ4v) is 1.32. The minimum absolute atomic E-state index is 0.0995. The minimum Gasteiger partial charge on any atom is -0.338 e. The van der Waals surface area contributed by atoms with Crippen molar-refractivity contribution in [2.45, 2.75) is 53.6 Å². The van der Waals surface area contributed by atoms with E-state index in [9.17, 15) is 4.79 Å². The Morgan fingerprint density at radius 2 is 1.42 bits per heavy atom. The van der Waals surface area contributed by atoms with E-state index in [1.54, 1.807) is 18.7 Å². The van der Waals surface area contributed by atoms with Gasteiger partial charge in [0.1, 0.15) is 0 Å². The Morgan fingerprint density at radius 3 is 1.50 bits per heavy atom. The first-order valence-corrected chi connectivity index (χ1v) is 4.50. The zero-order chi connectivity index (χ0) is 10.8. The molecule has 2 heteroatoms. The zero-order valence-electron chi connectivity index (χ0n) is 10.0. The molecule has 0 rings (SSSR count). The number of rotatable bonds is 3. The van der Waals surface area contributed by atoms with Gasteiger partial charge in [-0.15, -0.1) is 0 Å². The highest BCUT2D eigenvalue weighted by Gasteiger charge is 2.21. The van der Waals surface area contributed by atoms with E-state index in [2.05, 4.69) is 0 Å². The summed E-state index contributed by atoms with van der Waals surface area (Å²) >= 11 is 0. The van der Waals surface area contributed by atoms with Crippen molar-refractivity contribution in [2.75, 3.05) is 0 Å². The van der Waals surface area contributed by atoms with Gasteiger partial charge in [0.25, 0.3) is 0 Å². The van der Waals surface area contributed by atoms with Crippen LogP contribution in [0.3, 0.4) is 0 Å². The van der Waals surface area contributed by atoms with Gasteiger partial charge in [0.15, 0.2) is 0 Å². The fraction of sp³-hybridized carbons (Fsp3) is 0.900. The average Bonchev–Trinajstić information content (AvgIpc) is 1.82. The van der Waals surface area contributed by atoms with Crippen molar-refractivity contribution in [1.29, 1.82) is 0 Å². The van der Waals surface area contributed by atoms with E-state index in [1.807, 2.05) is 27.7 Å². The first kappa shape index (κ1) is 9.56. The molecule has 0 heterocycles. The van der Waals surface area contributed by atoms with Crippen molar-refractivity contribution < 1.29 is 6.17 Å². The van der Waals surface area contributed by atoms with Crippen LogP contribution in [0.2, 0.25) is 0 Å². The standard InChI is InChI=1S/C10H21NO/c1-7(2)10(12)11(8(3)4)9(5)6/h7-9H,1-6H3/i7D. The summed E-state index contributed by atoms with van der Waals surface area (Å²) in [7, 11) is 0. The lowest BCUT2D eigenvalue weighted by Gasteiger charge is -2.32. The highest BCUT2D eigenvalue weighted by molar-refractivity contribution is 5.78. The molecule has 0 unspecified atom stereocenters. The van der Waals surface area contributed by atoms with E-state index in [-0.39, 0.29) is 18.0 Å². The summed E-state index contributed by atoms with van der Waals surface area (Å²) in [6.07, 6.45) is 0. The number of hydrogen-bond acceptors (Lipinski definition) is 1.